The molecule has 0 aliphatic heterocycles. The molecule has 0 aromatic heterocycles. The topological polar surface area (TPSA) is 9.23 Å². The van der Waals surface area contributed by atoms with Crippen LogP contribution in [-0.2, 0) is 4.74 Å². The first-order valence-corrected chi connectivity index (χ1v) is 3.92. The summed E-state index contributed by atoms with van der Waals surface area (Å²) in [6.07, 6.45) is 7.83. The molecule has 0 aromatic rings. The van der Waals surface area contributed by atoms with E-state index in [9.17, 15) is 0 Å². The maximum Gasteiger partial charge on any atom is 0.107 e. The van der Waals surface area contributed by atoms with Crippen molar-refractivity contribution in [1.82, 2.24) is 0 Å². The lowest BCUT2D eigenvalue weighted by Gasteiger charge is -2.05. The van der Waals surface area contributed by atoms with Gasteiger partial charge >= 0.3 is 0 Å². The molecule has 0 aromatic carbocycles. The molecule has 0 fully saturated rings. The zero-order chi connectivity index (χ0) is 7.94. The summed E-state index contributed by atoms with van der Waals surface area (Å²) in [5.41, 5.74) is 1.27. The molecule has 1 nitrogen and oxygen atoms in total. The molecule has 1 aliphatic rings. The van der Waals surface area contributed by atoms with Crippen LogP contribution in [0.25, 0.3) is 0 Å². The van der Waals surface area contributed by atoms with Crippen molar-refractivity contribution in [3.8, 4) is 11.8 Å². The van der Waals surface area contributed by atoms with Crippen LogP contribution in [0.4, 0.5) is 0 Å². The van der Waals surface area contributed by atoms with Crippen molar-refractivity contribution in [3.05, 3.63) is 18.1 Å². The van der Waals surface area contributed by atoms with Crippen molar-refractivity contribution in [3.63, 3.8) is 0 Å². The van der Waals surface area contributed by atoms with Crippen LogP contribution in [0.1, 0.15) is 19.3 Å². The predicted octanol–water partition coefficient (Wildman–Crippen LogP) is 1.95. The lowest BCUT2D eigenvalue weighted by atomic mass is 10.0. The number of allylic oxidation sites excluding steroid dienone is 2. The Labute approximate surface area is 68.4 Å². The van der Waals surface area contributed by atoms with E-state index in [-0.39, 0.29) is 0 Å². The van der Waals surface area contributed by atoms with Gasteiger partial charge in [0.25, 0.3) is 0 Å². The van der Waals surface area contributed by atoms with Crippen LogP contribution in [0.3, 0.4) is 0 Å². The average molecular weight is 149 g/mol. The largest absolute Gasteiger partial charge is 0.372 e. The molecular formula is C10H13O. The van der Waals surface area contributed by atoms with Gasteiger partial charge in [0.1, 0.15) is 6.61 Å². The molecule has 1 rings (SSSR count). The Kier molecular flexibility index (Phi) is 3.79. The van der Waals surface area contributed by atoms with Gasteiger partial charge in [-0.1, -0.05) is 17.9 Å². The van der Waals surface area contributed by atoms with E-state index >= 15 is 0 Å². The third-order valence-corrected chi connectivity index (χ3v) is 1.61. The van der Waals surface area contributed by atoms with Gasteiger partial charge in [0, 0.05) is 7.11 Å². The molecule has 0 atom stereocenters. The summed E-state index contributed by atoms with van der Waals surface area (Å²) in [6.45, 7) is 0.543. The Bertz CT molecular complexity index is 193. The molecule has 1 radical (unpaired) electrons. The van der Waals surface area contributed by atoms with Crippen LogP contribution >= 0.6 is 0 Å². The minimum Gasteiger partial charge on any atom is -0.372 e. The minimum atomic E-state index is 0.543. The second-order valence-electron chi connectivity index (χ2n) is 2.53. The van der Waals surface area contributed by atoms with Crippen LogP contribution in [0.2, 0.25) is 0 Å². The monoisotopic (exact) mass is 149 g/mol. The minimum absolute atomic E-state index is 0.543. The fourth-order valence-electron chi connectivity index (χ4n) is 1.04. The van der Waals surface area contributed by atoms with Crippen LogP contribution < -0.4 is 0 Å². The van der Waals surface area contributed by atoms with Crippen molar-refractivity contribution >= 4 is 0 Å². The smallest absolute Gasteiger partial charge is 0.107 e. The molecule has 1 heteroatoms. The maximum atomic E-state index is 4.82. The summed E-state index contributed by atoms with van der Waals surface area (Å²) in [6, 6.07) is 0. The average Bonchev–Trinajstić information content (AvgIpc) is 2.07. The quantitative estimate of drug-likeness (QED) is 0.518. The molecule has 0 amide bonds. The number of hydrogen-bond donors (Lipinski definition) is 0. The van der Waals surface area contributed by atoms with Gasteiger partial charge in [-0.15, -0.1) is 0 Å². The van der Waals surface area contributed by atoms with E-state index in [1.807, 2.05) is 0 Å². The summed E-state index contributed by atoms with van der Waals surface area (Å²) in [5.74, 6) is 6.04. The summed E-state index contributed by atoms with van der Waals surface area (Å²) in [5, 5.41) is 0. The van der Waals surface area contributed by atoms with Crippen molar-refractivity contribution in [2.45, 2.75) is 19.3 Å². The van der Waals surface area contributed by atoms with Crippen LogP contribution in [0, 0.1) is 18.3 Å². The number of rotatable bonds is 1. The van der Waals surface area contributed by atoms with Crippen molar-refractivity contribution in [2.75, 3.05) is 13.7 Å². The standard InChI is InChI=1S/C10H13O/c1-11-9-5-8-10-6-3-2-4-7-10/h2,6H,3-4,7,9H2,1H3. The Morgan fingerprint density at radius 2 is 2.55 bits per heavy atom. The van der Waals surface area contributed by atoms with E-state index in [0.717, 1.165) is 12.8 Å². The lowest BCUT2D eigenvalue weighted by molar-refractivity contribution is 0.240. The Hall–Kier alpha value is -0.740. The number of ether oxygens (including phenoxy) is 1. The molecule has 0 unspecified atom stereocenters. The SMILES string of the molecule is COCC#CC1=CC[CH]CC1. The lowest BCUT2D eigenvalue weighted by Crippen LogP contribution is -1.90. The van der Waals surface area contributed by atoms with Gasteiger partial charge in [-0.2, -0.15) is 0 Å². The predicted molar refractivity (Wildman–Crippen MR) is 45.9 cm³/mol. The van der Waals surface area contributed by atoms with Crippen LogP contribution in [0.15, 0.2) is 11.6 Å². The Morgan fingerprint density at radius 1 is 1.64 bits per heavy atom. The summed E-state index contributed by atoms with van der Waals surface area (Å²) < 4.78 is 4.82. The van der Waals surface area contributed by atoms with E-state index in [4.69, 9.17) is 4.74 Å². The highest BCUT2D eigenvalue weighted by Crippen LogP contribution is 2.14. The van der Waals surface area contributed by atoms with Crippen molar-refractivity contribution in [2.24, 2.45) is 0 Å². The van der Waals surface area contributed by atoms with E-state index in [0.29, 0.717) is 6.61 Å². The molecular weight excluding hydrogens is 136 g/mol. The van der Waals surface area contributed by atoms with Gasteiger partial charge in [0.2, 0.25) is 0 Å². The highest BCUT2D eigenvalue weighted by atomic mass is 16.5. The van der Waals surface area contributed by atoms with Gasteiger partial charge in [0.05, 0.1) is 0 Å². The van der Waals surface area contributed by atoms with Crippen molar-refractivity contribution < 1.29 is 4.74 Å². The molecule has 59 valence electrons. The molecule has 0 saturated heterocycles. The first-order valence-electron chi connectivity index (χ1n) is 3.92. The highest BCUT2D eigenvalue weighted by Gasteiger charge is 1.98. The Balaban J connectivity index is 2.36. The molecule has 0 bridgehead atoms. The Morgan fingerprint density at radius 3 is 3.18 bits per heavy atom. The third kappa shape index (κ3) is 3.25. The number of methoxy groups -OCH3 is 1. The van der Waals surface area contributed by atoms with Gasteiger partial charge in [0.15, 0.2) is 0 Å². The summed E-state index contributed by atoms with van der Waals surface area (Å²) in [4.78, 5) is 0. The molecule has 0 heterocycles. The number of hydrogen-bond acceptors (Lipinski definition) is 1. The summed E-state index contributed by atoms with van der Waals surface area (Å²) in [7, 11) is 1.66. The fourth-order valence-corrected chi connectivity index (χ4v) is 1.04. The van der Waals surface area contributed by atoms with Gasteiger partial charge in [-0.3, -0.25) is 0 Å². The first kappa shape index (κ1) is 8.36. The van der Waals surface area contributed by atoms with Gasteiger partial charge < -0.3 is 4.74 Å². The maximum absolute atomic E-state index is 4.82. The molecule has 11 heavy (non-hydrogen) atoms. The normalized spacial score (nSPS) is 16.6. The first-order chi connectivity index (χ1) is 5.43. The van der Waals surface area contributed by atoms with Crippen LogP contribution in [0.5, 0.6) is 0 Å². The van der Waals surface area contributed by atoms with E-state index in [1.165, 1.54) is 12.0 Å². The van der Waals surface area contributed by atoms with Gasteiger partial charge in [-0.05, 0) is 31.3 Å². The second-order valence-corrected chi connectivity index (χ2v) is 2.53. The fraction of sp³-hybridized carbons (Fsp3) is 0.500. The molecule has 1 aliphatic carbocycles. The van der Waals surface area contributed by atoms with Gasteiger partial charge in [-0.25, -0.2) is 0 Å². The third-order valence-electron chi connectivity index (χ3n) is 1.61. The zero-order valence-corrected chi connectivity index (χ0v) is 6.89. The van der Waals surface area contributed by atoms with Crippen molar-refractivity contribution in [1.29, 1.82) is 0 Å². The summed E-state index contributed by atoms with van der Waals surface area (Å²) >= 11 is 0. The molecule has 0 N–H and O–H groups in total. The highest BCUT2D eigenvalue weighted by molar-refractivity contribution is 5.30. The second kappa shape index (κ2) is 4.98. The molecule has 0 spiro atoms. The molecule has 0 saturated carbocycles. The van der Waals surface area contributed by atoms with E-state index < -0.39 is 0 Å². The van der Waals surface area contributed by atoms with E-state index in [2.05, 4.69) is 24.3 Å². The van der Waals surface area contributed by atoms with E-state index in [1.54, 1.807) is 7.11 Å². The van der Waals surface area contributed by atoms with Crippen LogP contribution in [-0.4, -0.2) is 13.7 Å². The zero-order valence-electron chi connectivity index (χ0n) is 6.89.